The van der Waals surface area contributed by atoms with E-state index in [1.807, 2.05) is 6.92 Å². The van der Waals surface area contributed by atoms with E-state index in [1.54, 1.807) is 0 Å². The van der Waals surface area contributed by atoms with E-state index in [0.29, 0.717) is 5.41 Å². The summed E-state index contributed by atoms with van der Waals surface area (Å²) < 4.78 is 10.6. The van der Waals surface area contributed by atoms with Gasteiger partial charge in [-0.05, 0) is 19.8 Å². The number of carbonyl (C=O) groups excluding carboxylic acids is 1. The molecule has 0 atom stereocenters. The quantitative estimate of drug-likeness (QED) is 0.676. The fourth-order valence-electron chi connectivity index (χ4n) is 2.48. The third-order valence-electron chi connectivity index (χ3n) is 2.88. The molecule has 1 saturated carbocycles. The fraction of sp³-hybridized carbons (Fsp3) is 0.889. The molecule has 1 saturated heterocycles. The van der Waals surface area contributed by atoms with Crippen LogP contribution in [0, 0.1) is 5.41 Å². The Hall–Kier alpha value is -0.610. The van der Waals surface area contributed by atoms with E-state index in [-0.39, 0.29) is 12.2 Å². The van der Waals surface area contributed by atoms with E-state index in [0.717, 1.165) is 26.1 Å². The van der Waals surface area contributed by atoms with E-state index in [4.69, 9.17) is 15.2 Å². The Kier molecular flexibility index (Phi) is 1.85. The molecule has 0 unspecified atom stereocenters. The van der Waals surface area contributed by atoms with E-state index in [2.05, 4.69) is 0 Å². The van der Waals surface area contributed by atoms with Crippen LogP contribution < -0.4 is 5.73 Å². The topological polar surface area (TPSA) is 61.5 Å². The number of ether oxygens (including phenoxy) is 2. The molecule has 2 fully saturated rings. The number of primary amides is 1. The van der Waals surface area contributed by atoms with Crippen molar-refractivity contribution in [2.45, 2.75) is 25.4 Å². The highest BCUT2D eigenvalue weighted by atomic mass is 16.5. The van der Waals surface area contributed by atoms with Crippen LogP contribution in [-0.2, 0) is 14.3 Å². The highest BCUT2D eigenvalue weighted by Crippen LogP contribution is 2.54. The van der Waals surface area contributed by atoms with Crippen LogP contribution in [0.2, 0.25) is 0 Å². The molecule has 2 rings (SSSR count). The molecule has 0 bridgehead atoms. The van der Waals surface area contributed by atoms with Gasteiger partial charge in [0.2, 0.25) is 5.91 Å². The molecule has 13 heavy (non-hydrogen) atoms. The third kappa shape index (κ3) is 1.56. The third-order valence-corrected chi connectivity index (χ3v) is 2.88. The maximum absolute atomic E-state index is 10.5. The minimum Gasteiger partial charge on any atom is -0.380 e. The summed E-state index contributed by atoms with van der Waals surface area (Å²) in [5, 5.41) is 0. The number of hydrogen-bond acceptors (Lipinski definition) is 3. The zero-order valence-electron chi connectivity index (χ0n) is 7.84. The van der Waals surface area contributed by atoms with Gasteiger partial charge in [-0.3, -0.25) is 4.79 Å². The first kappa shape index (κ1) is 8.97. The van der Waals surface area contributed by atoms with E-state index < -0.39 is 5.91 Å². The summed E-state index contributed by atoms with van der Waals surface area (Å²) in [5.41, 5.74) is 5.23. The van der Waals surface area contributed by atoms with Crippen molar-refractivity contribution in [1.29, 1.82) is 0 Å². The molecule has 74 valence electrons. The molecule has 1 aliphatic heterocycles. The normalized spacial score (nSPS) is 27.8. The number of nitrogens with two attached hydrogens (primary N) is 1. The molecular weight excluding hydrogens is 170 g/mol. The first-order valence-electron chi connectivity index (χ1n) is 4.54. The van der Waals surface area contributed by atoms with Gasteiger partial charge in [-0.15, -0.1) is 0 Å². The largest absolute Gasteiger partial charge is 0.380 e. The summed E-state index contributed by atoms with van der Waals surface area (Å²) in [6, 6.07) is 0. The van der Waals surface area contributed by atoms with Crippen molar-refractivity contribution in [2.75, 3.05) is 19.8 Å². The molecule has 4 heteroatoms. The van der Waals surface area contributed by atoms with Crippen LogP contribution >= 0.6 is 0 Å². The lowest BCUT2D eigenvalue weighted by molar-refractivity contribution is -0.248. The summed E-state index contributed by atoms with van der Waals surface area (Å²) >= 11 is 0. The number of amides is 1. The zero-order chi connectivity index (χ0) is 9.53. The average molecular weight is 185 g/mol. The number of carbonyl (C=O) groups is 1. The Morgan fingerprint density at radius 1 is 1.54 bits per heavy atom. The summed E-state index contributed by atoms with van der Waals surface area (Å²) in [4.78, 5) is 10.5. The summed E-state index contributed by atoms with van der Waals surface area (Å²) in [7, 11) is 0. The van der Waals surface area contributed by atoms with Crippen molar-refractivity contribution >= 4 is 5.91 Å². The molecule has 0 aromatic heterocycles. The number of hydrogen-bond donors (Lipinski definition) is 1. The van der Waals surface area contributed by atoms with Crippen LogP contribution in [-0.4, -0.2) is 31.3 Å². The SMILES string of the molecule is CC1(OCC(N)=O)CC2(COC2)C1. The highest BCUT2D eigenvalue weighted by molar-refractivity contribution is 5.75. The Morgan fingerprint density at radius 2 is 2.15 bits per heavy atom. The second-order valence-electron chi connectivity index (χ2n) is 4.55. The fourth-order valence-corrected chi connectivity index (χ4v) is 2.48. The van der Waals surface area contributed by atoms with Crippen molar-refractivity contribution in [3.05, 3.63) is 0 Å². The summed E-state index contributed by atoms with van der Waals surface area (Å²) in [6.07, 6.45) is 1.99. The van der Waals surface area contributed by atoms with Crippen LogP contribution in [0.5, 0.6) is 0 Å². The van der Waals surface area contributed by atoms with Gasteiger partial charge >= 0.3 is 0 Å². The molecule has 2 aliphatic rings. The maximum atomic E-state index is 10.5. The molecule has 1 amide bonds. The van der Waals surface area contributed by atoms with Gasteiger partial charge in [-0.25, -0.2) is 0 Å². The van der Waals surface area contributed by atoms with Crippen molar-refractivity contribution in [2.24, 2.45) is 11.1 Å². The Bertz CT molecular complexity index is 227. The van der Waals surface area contributed by atoms with Gasteiger partial charge in [-0.2, -0.15) is 0 Å². The Balaban J connectivity index is 1.78. The smallest absolute Gasteiger partial charge is 0.243 e. The lowest BCUT2D eigenvalue weighted by Crippen LogP contribution is -2.61. The van der Waals surface area contributed by atoms with Gasteiger partial charge in [0.15, 0.2) is 0 Å². The van der Waals surface area contributed by atoms with E-state index in [1.165, 1.54) is 0 Å². The second kappa shape index (κ2) is 2.69. The van der Waals surface area contributed by atoms with Gasteiger partial charge in [0.1, 0.15) is 6.61 Å². The van der Waals surface area contributed by atoms with Gasteiger partial charge < -0.3 is 15.2 Å². The van der Waals surface area contributed by atoms with Gasteiger partial charge in [-0.1, -0.05) is 0 Å². The molecule has 2 N–H and O–H groups in total. The highest BCUT2D eigenvalue weighted by Gasteiger charge is 2.56. The molecule has 1 spiro atoms. The number of rotatable bonds is 3. The second-order valence-corrected chi connectivity index (χ2v) is 4.55. The lowest BCUT2D eigenvalue weighted by atomic mass is 9.58. The minimum absolute atomic E-state index is 0.0352. The first-order valence-corrected chi connectivity index (χ1v) is 4.54. The average Bonchev–Trinajstić information content (AvgIpc) is 1.92. The van der Waals surface area contributed by atoms with Crippen LogP contribution in [0.4, 0.5) is 0 Å². The van der Waals surface area contributed by atoms with Crippen molar-refractivity contribution in [1.82, 2.24) is 0 Å². The Labute approximate surface area is 77.4 Å². The van der Waals surface area contributed by atoms with Crippen LogP contribution in [0.15, 0.2) is 0 Å². The lowest BCUT2D eigenvalue weighted by Gasteiger charge is -2.58. The molecule has 0 radical (unpaired) electrons. The van der Waals surface area contributed by atoms with Gasteiger partial charge in [0.05, 0.1) is 18.8 Å². The molecule has 0 aromatic rings. The monoisotopic (exact) mass is 185 g/mol. The molecule has 1 heterocycles. The van der Waals surface area contributed by atoms with Crippen LogP contribution in [0.3, 0.4) is 0 Å². The van der Waals surface area contributed by atoms with Gasteiger partial charge in [0.25, 0.3) is 0 Å². The van der Waals surface area contributed by atoms with Crippen molar-refractivity contribution in [3.8, 4) is 0 Å². The summed E-state index contributed by atoms with van der Waals surface area (Å²) in [6.45, 7) is 3.76. The van der Waals surface area contributed by atoms with E-state index >= 15 is 0 Å². The minimum atomic E-state index is -0.396. The zero-order valence-corrected chi connectivity index (χ0v) is 7.84. The van der Waals surface area contributed by atoms with Crippen molar-refractivity contribution in [3.63, 3.8) is 0 Å². The standard InChI is InChI=1S/C9H15NO3/c1-8(13-2-7(10)11)3-9(4-8)5-12-6-9/h2-6H2,1H3,(H2,10,11). The van der Waals surface area contributed by atoms with Crippen LogP contribution in [0.1, 0.15) is 19.8 Å². The molecular formula is C9H15NO3. The van der Waals surface area contributed by atoms with Crippen molar-refractivity contribution < 1.29 is 14.3 Å². The predicted octanol–water partition coefficient (Wildman–Crippen LogP) is 0.0574. The molecule has 4 nitrogen and oxygen atoms in total. The maximum Gasteiger partial charge on any atom is 0.243 e. The molecule has 1 aliphatic carbocycles. The Morgan fingerprint density at radius 3 is 2.54 bits per heavy atom. The van der Waals surface area contributed by atoms with Gasteiger partial charge in [0, 0.05) is 5.41 Å². The molecule has 0 aromatic carbocycles. The summed E-state index contributed by atoms with van der Waals surface area (Å²) in [5.74, 6) is -0.396. The van der Waals surface area contributed by atoms with Crippen LogP contribution in [0.25, 0.3) is 0 Å². The predicted molar refractivity (Wildman–Crippen MR) is 46.0 cm³/mol. The van der Waals surface area contributed by atoms with E-state index in [9.17, 15) is 4.79 Å². The first-order chi connectivity index (χ1) is 6.04.